The first-order chi connectivity index (χ1) is 16.3. The van der Waals surface area contributed by atoms with E-state index in [1.807, 2.05) is 37.6 Å². The lowest BCUT2D eigenvalue weighted by molar-refractivity contribution is -0.113. The predicted molar refractivity (Wildman–Crippen MR) is 136 cm³/mol. The normalized spacial score (nSPS) is 15.9. The molecule has 0 saturated carbocycles. The second-order valence-corrected chi connectivity index (χ2v) is 11.1. The van der Waals surface area contributed by atoms with E-state index in [1.165, 1.54) is 28.0 Å². The molecule has 2 aromatic heterocycles. The Morgan fingerprint density at radius 2 is 2.26 bits per heavy atom. The average molecular weight is 516 g/mol. The number of halogens is 1. The zero-order chi connectivity index (χ0) is 24.4. The molecule has 0 radical (unpaired) electrons. The van der Waals surface area contributed by atoms with Crippen molar-refractivity contribution in [1.29, 1.82) is 5.26 Å². The van der Waals surface area contributed by atoms with Crippen molar-refractivity contribution in [2.45, 2.75) is 51.3 Å². The molecule has 0 bridgehead atoms. The maximum atomic E-state index is 12.7. The molecule has 3 aromatic rings. The number of thioether (sulfide) groups is 1. The van der Waals surface area contributed by atoms with Crippen LogP contribution in [0.4, 0.5) is 5.00 Å². The minimum Gasteiger partial charge on any atom is -0.481 e. The highest BCUT2D eigenvalue weighted by Crippen LogP contribution is 2.39. The molecule has 1 N–H and O–H groups in total. The van der Waals surface area contributed by atoms with Crippen LogP contribution in [0.2, 0.25) is 5.02 Å². The molecule has 0 fully saturated rings. The lowest BCUT2D eigenvalue weighted by atomic mass is 9.89. The third-order valence-corrected chi connectivity index (χ3v) is 8.33. The summed E-state index contributed by atoms with van der Waals surface area (Å²) in [6, 6.07) is 7.90. The number of ether oxygens (including phenoxy) is 1. The van der Waals surface area contributed by atoms with Crippen LogP contribution >= 0.6 is 34.7 Å². The van der Waals surface area contributed by atoms with Gasteiger partial charge in [0.05, 0.1) is 16.3 Å². The van der Waals surface area contributed by atoms with Gasteiger partial charge in [-0.15, -0.1) is 21.5 Å². The van der Waals surface area contributed by atoms with Gasteiger partial charge in [-0.1, -0.05) is 36.4 Å². The van der Waals surface area contributed by atoms with Gasteiger partial charge in [0.1, 0.15) is 16.8 Å². The third-order valence-electron chi connectivity index (χ3n) is 5.83. The fraction of sp³-hybridized carbons (Fsp3) is 0.417. The summed E-state index contributed by atoms with van der Waals surface area (Å²) in [6.45, 7) is 6.08. The number of hydrogen-bond acceptors (Lipinski definition) is 7. The second-order valence-electron chi connectivity index (χ2n) is 8.60. The number of benzene rings is 1. The van der Waals surface area contributed by atoms with Crippen LogP contribution in [-0.4, -0.2) is 26.4 Å². The van der Waals surface area contributed by atoms with Crippen LogP contribution in [0.5, 0.6) is 5.75 Å². The molecule has 0 saturated heterocycles. The quantitative estimate of drug-likeness (QED) is 0.405. The van der Waals surface area contributed by atoms with Crippen molar-refractivity contribution >= 4 is 45.6 Å². The van der Waals surface area contributed by atoms with Crippen molar-refractivity contribution in [2.24, 2.45) is 13.0 Å². The number of nitriles is 1. The van der Waals surface area contributed by atoms with E-state index in [0.717, 1.165) is 30.4 Å². The molecular weight excluding hydrogens is 490 g/mol. The van der Waals surface area contributed by atoms with Gasteiger partial charge >= 0.3 is 0 Å². The van der Waals surface area contributed by atoms with Crippen LogP contribution in [0.3, 0.4) is 0 Å². The number of carbonyl (C=O) groups is 1. The SMILES string of the molecule is Cc1ccc(Cl)c(OC(C)c2nnc(SCC(=O)Nc3sc4c(c3C#N)CCC(C)C4)n2C)c1. The van der Waals surface area contributed by atoms with Gasteiger partial charge in [-0.05, 0) is 62.3 Å². The standard InChI is InChI=1S/C24H26ClN5O2S2/c1-13-6-8-18(25)19(9-13)32-15(3)22-28-29-24(30(22)4)33-12-21(31)27-23-17(11-26)16-7-5-14(2)10-20(16)34-23/h6,8-9,14-15H,5,7,10,12H2,1-4H3,(H,27,31). The van der Waals surface area contributed by atoms with Crippen molar-refractivity contribution in [3.63, 3.8) is 0 Å². The molecule has 4 rings (SSSR count). The Labute approximate surface area is 212 Å². The molecule has 2 heterocycles. The van der Waals surface area contributed by atoms with Crippen LogP contribution in [0.25, 0.3) is 0 Å². The van der Waals surface area contributed by atoms with E-state index in [4.69, 9.17) is 16.3 Å². The van der Waals surface area contributed by atoms with Gasteiger partial charge < -0.3 is 14.6 Å². The summed E-state index contributed by atoms with van der Waals surface area (Å²) in [7, 11) is 1.84. The highest BCUT2D eigenvalue weighted by Gasteiger charge is 2.25. The largest absolute Gasteiger partial charge is 0.481 e. The minimum atomic E-state index is -0.377. The van der Waals surface area contributed by atoms with Gasteiger partial charge in [0, 0.05) is 11.9 Å². The lowest BCUT2D eigenvalue weighted by Gasteiger charge is -2.17. The molecule has 1 aromatic carbocycles. The predicted octanol–water partition coefficient (Wildman–Crippen LogP) is 5.71. The van der Waals surface area contributed by atoms with Crippen molar-refractivity contribution in [1.82, 2.24) is 14.8 Å². The van der Waals surface area contributed by atoms with Crippen molar-refractivity contribution in [2.75, 3.05) is 11.1 Å². The number of rotatable bonds is 7. The van der Waals surface area contributed by atoms with Gasteiger partial charge in [-0.3, -0.25) is 4.79 Å². The number of amides is 1. The third kappa shape index (κ3) is 5.24. The summed E-state index contributed by atoms with van der Waals surface area (Å²) in [6.07, 6.45) is 2.57. The first-order valence-electron chi connectivity index (χ1n) is 11.1. The Bertz CT molecular complexity index is 1260. The number of nitrogens with one attached hydrogen (secondary N) is 1. The summed E-state index contributed by atoms with van der Waals surface area (Å²) < 4.78 is 7.83. The van der Waals surface area contributed by atoms with Crippen LogP contribution < -0.4 is 10.1 Å². The molecule has 7 nitrogen and oxygen atoms in total. The summed E-state index contributed by atoms with van der Waals surface area (Å²) in [5, 5.41) is 22.9. The Morgan fingerprint density at radius 1 is 1.47 bits per heavy atom. The van der Waals surface area contributed by atoms with Gasteiger partial charge in [0.15, 0.2) is 17.1 Å². The molecule has 34 heavy (non-hydrogen) atoms. The van der Waals surface area contributed by atoms with E-state index in [-0.39, 0.29) is 17.8 Å². The van der Waals surface area contributed by atoms with Gasteiger partial charge in [0.25, 0.3) is 0 Å². The number of carbonyl (C=O) groups excluding carboxylic acids is 1. The van der Waals surface area contributed by atoms with Crippen molar-refractivity contribution in [3.05, 3.63) is 50.6 Å². The Hall–Kier alpha value is -2.54. The molecule has 1 amide bonds. The number of aryl methyl sites for hydroxylation is 1. The van der Waals surface area contributed by atoms with E-state index in [2.05, 4.69) is 28.5 Å². The molecule has 0 aliphatic heterocycles. The number of anilines is 1. The second kappa shape index (κ2) is 10.4. The van der Waals surface area contributed by atoms with Crippen LogP contribution in [0, 0.1) is 24.2 Å². The van der Waals surface area contributed by atoms with Gasteiger partial charge in [-0.2, -0.15) is 5.26 Å². The molecule has 2 unspecified atom stereocenters. The molecule has 0 spiro atoms. The minimum absolute atomic E-state index is 0.161. The Morgan fingerprint density at radius 3 is 3.03 bits per heavy atom. The topological polar surface area (TPSA) is 92.8 Å². The fourth-order valence-electron chi connectivity index (χ4n) is 4.00. The van der Waals surface area contributed by atoms with Crippen molar-refractivity contribution < 1.29 is 9.53 Å². The summed E-state index contributed by atoms with van der Waals surface area (Å²) >= 11 is 9.07. The van der Waals surface area contributed by atoms with Crippen LogP contribution in [0.1, 0.15) is 53.8 Å². The monoisotopic (exact) mass is 515 g/mol. The zero-order valence-corrected chi connectivity index (χ0v) is 21.9. The number of thiophene rings is 1. The Kier molecular flexibility index (Phi) is 7.51. The average Bonchev–Trinajstić information content (AvgIpc) is 3.33. The smallest absolute Gasteiger partial charge is 0.235 e. The highest BCUT2D eigenvalue weighted by molar-refractivity contribution is 7.99. The van der Waals surface area contributed by atoms with Crippen molar-refractivity contribution in [3.8, 4) is 11.8 Å². The van der Waals surface area contributed by atoms with E-state index in [1.54, 1.807) is 6.07 Å². The number of fused-ring (bicyclic) bond motifs is 1. The maximum absolute atomic E-state index is 12.7. The number of aromatic nitrogens is 3. The molecule has 10 heteroatoms. The first-order valence-corrected chi connectivity index (χ1v) is 13.2. The maximum Gasteiger partial charge on any atom is 0.235 e. The number of nitrogens with zero attached hydrogens (tertiary/aromatic N) is 4. The molecular formula is C24H26ClN5O2S2. The summed E-state index contributed by atoms with van der Waals surface area (Å²) in [4.78, 5) is 13.9. The van der Waals surface area contributed by atoms with Gasteiger partial charge in [0.2, 0.25) is 5.91 Å². The summed E-state index contributed by atoms with van der Waals surface area (Å²) in [5.74, 6) is 1.82. The van der Waals surface area contributed by atoms with E-state index in [0.29, 0.717) is 38.2 Å². The van der Waals surface area contributed by atoms with E-state index in [9.17, 15) is 10.1 Å². The first kappa shape index (κ1) is 24.6. The fourth-order valence-corrected chi connectivity index (χ4v) is 6.26. The molecule has 1 aliphatic rings. The molecule has 1 aliphatic carbocycles. The summed E-state index contributed by atoms with van der Waals surface area (Å²) in [5.41, 5.74) is 2.77. The van der Waals surface area contributed by atoms with E-state index < -0.39 is 0 Å². The zero-order valence-electron chi connectivity index (χ0n) is 19.5. The number of hydrogen-bond donors (Lipinski definition) is 1. The van der Waals surface area contributed by atoms with E-state index >= 15 is 0 Å². The van der Waals surface area contributed by atoms with Gasteiger partial charge in [-0.25, -0.2) is 0 Å². The molecule has 178 valence electrons. The van der Waals surface area contributed by atoms with Crippen LogP contribution in [0.15, 0.2) is 23.4 Å². The van der Waals surface area contributed by atoms with Crippen LogP contribution in [-0.2, 0) is 24.7 Å². The Balaban J connectivity index is 1.39. The molecule has 2 atom stereocenters. The highest BCUT2D eigenvalue weighted by atomic mass is 35.5. The lowest BCUT2D eigenvalue weighted by Crippen LogP contribution is -2.15.